The second-order valence-electron chi connectivity index (χ2n) is 4.29. The lowest BCUT2D eigenvalue weighted by atomic mass is 10.1. The summed E-state index contributed by atoms with van der Waals surface area (Å²) in [7, 11) is 0. The number of thioether (sulfide) groups is 1. The van der Waals surface area contributed by atoms with Crippen molar-refractivity contribution in [1.82, 2.24) is 0 Å². The van der Waals surface area contributed by atoms with Gasteiger partial charge in [0.1, 0.15) is 0 Å². The lowest BCUT2D eigenvalue weighted by Crippen LogP contribution is -1.96. The number of rotatable bonds is 4. The molecule has 1 fully saturated rings. The van der Waals surface area contributed by atoms with Crippen LogP contribution in [0.2, 0.25) is 0 Å². The molecule has 0 aromatic heterocycles. The number of hydrogen-bond acceptors (Lipinski definition) is 1. The molecule has 0 nitrogen and oxygen atoms in total. The lowest BCUT2D eigenvalue weighted by molar-refractivity contribution is 0.623. The first-order valence-corrected chi connectivity index (χ1v) is 7.61. The third-order valence-electron chi connectivity index (χ3n) is 3.01. The van der Waals surface area contributed by atoms with Gasteiger partial charge in [-0.15, -0.1) is 0 Å². The summed E-state index contributed by atoms with van der Waals surface area (Å²) < 4.78 is 1.17. The molecule has 15 heavy (non-hydrogen) atoms. The molecule has 82 valence electrons. The zero-order valence-corrected chi connectivity index (χ0v) is 11.3. The highest BCUT2D eigenvalue weighted by atomic mass is 79.9. The molecule has 1 aromatic carbocycles. The van der Waals surface area contributed by atoms with Crippen molar-refractivity contribution in [1.29, 1.82) is 0 Å². The summed E-state index contributed by atoms with van der Waals surface area (Å²) in [6.07, 6.45) is 5.85. The molecule has 0 atom stereocenters. The minimum absolute atomic E-state index is 1.01. The van der Waals surface area contributed by atoms with Crippen LogP contribution in [0.4, 0.5) is 0 Å². The van der Waals surface area contributed by atoms with Crippen LogP contribution in [0.3, 0.4) is 0 Å². The van der Waals surface area contributed by atoms with E-state index in [4.69, 9.17) is 0 Å². The van der Waals surface area contributed by atoms with Crippen molar-refractivity contribution in [2.45, 2.75) is 31.4 Å². The molecule has 1 aliphatic rings. The molecule has 0 aliphatic heterocycles. The maximum absolute atomic E-state index is 3.46. The summed E-state index contributed by atoms with van der Waals surface area (Å²) in [5, 5.41) is 0. The predicted molar refractivity (Wildman–Crippen MR) is 72.3 cm³/mol. The molecule has 0 heterocycles. The lowest BCUT2D eigenvalue weighted by Gasteiger charge is -2.08. The van der Waals surface area contributed by atoms with Crippen molar-refractivity contribution in [3.8, 4) is 0 Å². The molecule has 2 heteroatoms. The van der Waals surface area contributed by atoms with E-state index in [0.717, 1.165) is 5.92 Å². The Labute approximate surface area is 105 Å². The van der Waals surface area contributed by atoms with E-state index in [1.54, 1.807) is 0 Å². The summed E-state index contributed by atoms with van der Waals surface area (Å²) in [5.74, 6) is 3.53. The average Bonchev–Trinajstić information content (AvgIpc) is 2.74. The Kier molecular flexibility index (Phi) is 4.58. The van der Waals surface area contributed by atoms with E-state index >= 15 is 0 Å². The van der Waals surface area contributed by atoms with Crippen LogP contribution in [0.1, 0.15) is 31.2 Å². The van der Waals surface area contributed by atoms with Crippen LogP contribution >= 0.6 is 27.7 Å². The highest BCUT2D eigenvalue weighted by molar-refractivity contribution is 9.10. The Morgan fingerprint density at radius 1 is 1.13 bits per heavy atom. The molecule has 0 amide bonds. The van der Waals surface area contributed by atoms with Crippen molar-refractivity contribution in [3.05, 3.63) is 34.3 Å². The first kappa shape index (κ1) is 11.5. The molecule has 1 aromatic rings. The van der Waals surface area contributed by atoms with E-state index in [0.29, 0.717) is 0 Å². The van der Waals surface area contributed by atoms with Crippen molar-refractivity contribution in [2.24, 2.45) is 5.92 Å². The van der Waals surface area contributed by atoms with Crippen LogP contribution < -0.4 is 0 Å². The molecule has 0 bridgehead atoms. The summed E-state index contributed by atoms with van der Waals surface area (Å²) >= 11 is 5.55. The van der Waals surface area contributed by atoms with Gasteiger partial charge in [0.05, 0.1) is 0 Å². The normalized spacial score (nSPS) is 17.1. The van der Waals surface area contributed by atoms with Crippen LogP contribution in [-0.4, -0.2) is 5.75 Å². The van der Waals surface area contributed by atoms with Gasteiger partial charge in [0.15, 0.2) is 0 Å². The molecule has 1 aliphatic carbocycles. The highest BCUT2D eigenvalue weighted by Crippen LogP contribution is 2.29. The molecular weight excluding hydrogens is 268 g/mol. The van der Waals surface area contributed by atoms with Crippen molar-refractivity contribution in [2.75, 3.05) is 5.75 Å². The second-order valence-corrected chi connectivity index (χ2v) is 6.24. The molecule has 0 spiro atoms. The van der Waals surface area contributed by atoms with Gasteiger partial charge in [0, 0.05) is 10.2 Å². The van der Waals surface area contributed by atoms with Gasteiger partial charge in [-0.1, -0.05) is 40.9 Å². The van der Waals surface area contributed by atoms with Gasteiger partial charge in [0.25, 0.3) is 0 Å². The predicted octanol–water partition coefficient (Wildman–Crippen LogP) is 4.87. The molecule has 1 saturated carbocycles. The van der Waals surface area contributed by atoms with Crippen LogP contribution in [-0.2, 0) is 5.75 Å². The fraction of sp³-hybridized carbons (Fsp3) is 0.538. The molecule has 2 rings (SSSR count). The van der Waals surface area contributed by atoms with Gasteiger partial charge in [-0.2, -0.15) is 11.8 Å². The number of benzene rings is 1. The van der Waals surface area contributed by atoms with Crippen LogP contribution in [0.25, 0.3) is 0 Å². The summed E-state index contributed by atoms with van der Waals surface area (Å²) in [5.41, 5.74) is 1.45. The van der Waals surface area contributed by atoms with Gasteiger partial charge < -0.3 is 0 Å². The van der Waals surface area contributed by atoms with Crippen LogP contribution in [0.5, 0.6) is 0 Å². The Morgan fingerprint density at radius 2 is 1.80 bits per heavy atom. The zero-order chi connectivity index (χ0) is 10.5. The second kappa shape index (κ2) is 5.95. The Balaban J connectivity index is 1.71. The quantitative estimate of drug-likeness (QED) is 0.760. The first-order valence-electron chi connectivity index (χ1n) is 5.67. The molecule has 0 unspecified atom stereocenters. The standard InChI is InChI=1S/C13H17BrS/c14-13-7-5-12(6-8-13)10-15-9-11-3-1-2-4-11/h5-8,11H,1-4,9-10H2. The summed E-state index contributed by atoms with van der Waals surface area (Å²) in [6.45, 7) is 0. The monoisotopic (exact) mass is 284 g/mol. The van der Waals surface area contributed by atoms with Crippen LogP contribution in [0, 0.1) is 5.92 Å². The van der Waals surface area contributed by atoms with Gasteiger partial charge >= 0.3 is 0 Å². The van der Waals surface area contributed by atoms with E-state index in [9.17, 15) is 0 Å². The minimum Gasteiger partial charge on any atom is -0.157 e. The SMILES string of the molecule is Brc1ccc(CSCC2CCCC2)cc1. The molecular formula is C13H17BrS. The third kappa shape index (κ3) is 3.84. The topological polar surface area (TPSA) is 0 Å². The fourth-order valence-electron chi connectivity index (χ4n) is 2.10. The Bertz CT molecular complexity index is 288. The maximum Gasteiger partial charge on any atom is 0.0184 e. The summed E-state index contributed by atoms with van der Waals surface area (Å²) in [4.78, 5) is 0. The van der Waals surface area contributed by atoms with Gasteiger partial charge in [-0.05, 0) is 42.2 Å². The zero-order valence-electron chi connectivity index (χ0n) is 8.92. The van der Waals surface area contributed by atoms with E-state index in [1.807, 2.05) is 0 Å². The third-order valence-corrected chi connectivity index (χ3v) is 4.78. The molecule has 0 radical (unpaired) electrons. The van der Waals surface area contributed by atoms with Gasteiger partial charge in [0.2, 0.25) is 0 Å². The van der Waals surface area contributed by atoms with Crippen LogP contribution in [0.15, 0.2) is 28.7 Å². The molecule has 0 saturated heterocycles. The Hall–Kier alpha value is 0.0500. The average molecular weight is 285 g/mol. The van der Waals surface area contributed by atoms with Crippen molar-refractivity contribution in [3.63, 3.8) is 0 Å². The summed E-state index contributed by atoms with van der Waals surface area (Å²) in [6, 6.07) is 8.69. The largest absolute Gasteiger partial charge is 0.157 e. The highest BCUT2D eigenvalue weighted by Gasteiger charge is 2.14. The van der Waals surface area contributed by atoms with Crippen molar-refractivity contribution >= 4 is 27.7 Å². The van der Waals surface area contributed by atoms with E-state index < -0.39 is 0 Å². The Morgan fingerprint density at radius 3 is 2.47 bits per heavy atom. The van der Waals surface area contributed by atoms with E-state index in [2.05, 4.69) is 52.0 Å². The first-order chi connectivity index (χ1) is 7.34. The van der Waals surface area contributed by atoms with Gasteiger partial charge in [-0.3, -0.25) is 0 Å². The van der Waals surface area contributed by atoms with E-state index in [-0.39, 0.29) is 0 Å². The van der Waals surface area contributed by atoms with Gasteiger partial charge in [-0.25, -0.2) is 0 Å². The number of halogens is 1. The maximum atomic E-state index is 3.46. The number of hydrogen-bond donors (Lipinski definition) is 0. The minimum atomic E-state index is 1.01. The van der Waals surface area contributed by atoms with Crippen molar-refractivity contribution < 1.29 is 0 Å². The van der Waals surface area contributed by atoms with E-state index in [1.165, 1.54) is 47.2 Å². The smallest absolute Gasteiger partial charge is 0.0184 e. The molecule has 0 N–H and O–H groups in total. The fourth-order valence-corrected chi connectivity index (χ4v) is 3.58.